The largest absolute Gasteiger partial charge is 0.416 e. The first-order chi connectivity index (χ1) is 8.39. The summed E-state index contributed by atoms with van der Waals surface area (Å²) >= 11 is 0. The molecule has 2 N–H and O–H groups in total. The molecule has 0 aromatic heterocycles. The van der Waals surface area contributed by atoms with Crippen LogP contribution in [0.4, 0.5) is 13.2 Å². The van der Waals surface area contributed by atoms with Gasteiger partial charge in [-0.25, -0.2) is 0 Å². The average molecular weight is 259 g/mol. The van der Waals surface area contributed by atoms with Crippen LogP contribution in [0.2, 0.25) is 0 Å². The van der Waals surface area contributed by atoms with Gasteiger partial charge in [-0.15, -0.1) is 0 Å². The van der Waals surface area contributed by atoms with Crippen molar-refractivity contribution >= 4 is 0 Å². The van der Waals surface area contributed by atoms with E-state index in [9.17, 15) is 13.2 Å². The minimum Gasteiger partial charge on any atom is -0.381 e. The van der Waals surface area contributed by atoms with Crippen LogP contribution in [-0.4, -0.2) is 18.8 Å². The fourth-order valence-corrected chi connectivity index (χ4v) is 2.22. The lowest BCUT2D eigenvalue weighted by Gasteiger charge is -2.33. The van der Waals surface area contributed by atoms with E-state index < -0.39 is 17.3 Å². The minimum atomic E-state index is -4.30. The van der Waals surface area contributed by atoms with Crippen LogP contribution in [-0.2, 0) is 17.3 Å². The van der Waals surface area contributed by atoms with Gasteiger partial charge in [-0.1, -0.05) is 18.2 Å². The van der Waals surface area contributed by atoms with Gasteiger partial charge >= 0.3 is 6.18 Å². The molecule has 0 aliphatic carbocycles. The molecule has 1 fully saturated rings. The van der Waals surface area contributed by atoms with E-state index in [1.807, 2.05) is 0 Å². The van der Waals surface area contributed by atoms with Crippen molar-refractivity contribution in [2.45, 2.75) is 31.0 Å². The van der Waals surface area contributed by atoms with Crippen LogP contribution in [0.15, 0.2) is 24.3 Å². The van der Waals surface area contributed by atoms with Gasteiger partial charge < -0.3 is 10.5 Å². The van der Waals surface area contributed by atoms with Gasteiger partial charge in [0, 0.05) is 18.8 Å². The third kappa shape index (κ3) is 3.23. The van der Waals surface area contributed by atoms with Crippen LogP contribution in [0.5, 0.6) is 0 Å². The van der Waals surface area contributed by atoms with E-state index in [1.54, 1.807) is 6.07 Å². The number of alkyl halides is 3. The zero-order chi connectivity index (χ0) is 13.2. The first-order valence-electron chi connectivity index (χ1n) is 5.92. The number of nitrogens with two attached hydrogens (primary N) is 1. The van der Waals surface area contributed by atoms with Gasteiger partial charge in [0.05, 0.1) is 5.56 Å². The molecule has 1 aliphatic rings. The second-order valence-corrected chi connectivity index (χ2v) is 4.85. The van der Waals surface area contributed by atoms with Crippen molar-refractivity contribution in [3.05, 3.63) is 35.4 Å². The maximum atomic E-state index is 12.6. The van der Waals surface area contributed by atoms with Gasteiger partial charge in [0.15, 0.2) is 0 Å². The summed E-state index contributed by atoms with van der Waals surface area (Å²) in [6, 6.07) is 5.39. The van der Waals surface area contributed by atoms with Crippen molar-refractivity contribution < 1.29 is 17.9 Å². The predicted molar refractivity (Wildman–Crippen MR) is 62.1 cm³/mol. The maximum Gasteiger partial charge on any atom is 0.416 e. The fourth-order valence-electron chi connectivity index (χ4n) is 2.22. The highest BCUT2D eigenvalue weighted by molar-refractivity contribution is 5.27. The molecule has 0 radical (unpaired) electrons. The van der Waals surface area contributed by atoms with Crippen LogP contribution in [0.1, 0.15) is 24.0 Å². The summed E-state index contributed by atoms with van der Waals surface area (Å²) in [5.74, 6) is 0. The van der Waals surface area contributed by atoms with Crippen LogP contribution in [0, 0.1) is 0 Å². The Labute approximate surface area is 104 Å². The quantitative estimate of drug-likeness (QED) is 0.886. The van der Waals surface area contributed by atoms with Crippen molar-refractivity contribution in [2.75, 3.05) is 13.2 Å². The molecule has 18 heavy (non-hydrogen) atoms. The smallest absolute Gasteiger partial charge is 0.381 e. The highest BCUT2D eigenvalue weighted by Gasteiger charge is 2.32. The van der Waals surface area contributed by atoms with Gasteiger partial charge in [0.1, 0.15) is 0 Å². The summed E-state index contributed by atoms with van der Waals surface area (Å²) in [6.45, 7) is 1.16. The van der Waals surface area contributed by atoms with Crippen LogP contribution in [0.3, 0.4) is 0 Å². The first-order valence-corrected chi connectivity index (χ1v) is 5.92. The summed E-state index contributed by atoms with van der Waals surface area (Å²) in [5, 5.41) is 0. The molecule has 0 amide bonds. The third-order valence-corrected chi connectivity index (χ3v) is 3.30. The molecule has 1 aliphatic heterocycles. The van der Waals surface area contributed by atoms with E-state index in [0.717, 1.165) is 6.07 Å². The topological polar surface area (TPSA) is 35.2 Å². The summed E-state index contributed by atoms with van der Waals surface area (Å²) in [4.78, 5) is 0. The van der Waals surface area contributed by atoms with E-state index in [0.29, 0.717) is 38.0 Å². The monoisotopic (exact) mass is 259 g/mol. The summed E-state index contributed by atoms with van der Waals surface area (Å²) in [5.41, 5.74) is 5.77. The summed E-state index contributed by atoms with van der Waals surface area (Å²) < 4.78 is 43.0. The Bertz CT molecular complexity index is 411. The Hall–Kier alpha value is -1.07. The SMILES string of the molecule is NC1(Cc2cccc(C(F)(F)F)c2)CCOCC1. The van der Waals surface area contributed by atoms with Crippen LogP contribution >= 0.6 is 0 Å². The predicted octanol–water partition coefficient (Wildman–Crippen LogP) is 2.76. The lowest BCUT2D eigenvalue weighted by atomic mass is 9.84. The second-order valence-electron chi connectivity index (χ2n) is 4.85. The van der Waals surface area contributed by atoms with Gasteiger partial charge in [-0.3, -0.25) is 0 Å². The minimum absolute atomic E-state index is 0.442. The summed E-state index contributed by atoms with van der Waals surface area (Å²) in [6.07, 6.45) is -2.47. The van der Waals surface area contributed by atoms with Crippen molar-refractivity contribution in [3.8, 4) is 0 Å². The van der Waals surface area contributed by atoms with E-state index >= 15 is 0 Å². The number of rotatable bonds is 2. The Kier molecular flexibility index (Phi) is 3.64. The van der Waals surface area contributed by atoms with Crippen molar-refractivity contribution in [1.29, 1.82) is 0 Å². The Balaban J connectivity index is 2.14. The Morgan fingerprint density at radius 1 is 1.22 bits per heavy atom. The third-order valence-electron chi connectivity index (χ3n) is 3.30. The molecule has 2 rings (SSSR count). The lowest BCUT2D eigenvalue weighted by molar-refractivity contribution is -0.137. The van der Waals surface area contributed by atoms with Gasteiger partial charge in [0.2, 0.25) is 0 Å². The van der Waals surface area contributed by atoms with E-state index in [4.69, 9.17) is 10.5 Å². The van der Waals surface area contributed by atoms with Crippen LogP contribution < -0.4 is 5.73 Å². The number of hydrogen-bond donors (Lipinski definition) is 1. The second kappa shape index (κ2) is 4.90. The maximum absolute atomic E-state index is 12.6. The number of ether oxygens (including phenoxy) is 1. The van der Waals surface area contributed by atoms with Crippen LogP contribution in [0.25, 0.3) is 0 Å². The molecule has 100 valence electrons. The number of halogens is 3. The first kappa shape index (κ1) is 13.4. The fraction of sp³-hybridized carbons (Fsp3) is 0.538. The van der Waals surface area contributed by atoms with E-state index in [-0.39, 0.29) is 0 Å². The molecule has 0 atom stereocenters. The lowest BCUT2D eigenvalue weighted by Crippen LogP contribution is -2.46. The van der Waals surface area contributed by atoms with Crippen molar-refractivity contribution in [1.82, 2.24) is 0 Å². The molecule has 1 aromatic carbocycles. The van der Waals surface area contributed by atoms with Gasteiger partial charge in [-0.2, -0.15) is 13.2 Å². The summed E-state index contributed by atoms with van der Waals surface area (Å²) in [7, 11) is 0. The molecule has 1 aromatic rings. The molecule has 0 spiro atoms. The zero-order valence-corrected chi connectivity index (χ0v) is 9.96. The van der Waals surface area contributed by atoms with Crippen molar-refractivity contribution in [2.24, 2.45) is 5.73 Å². The number of benzene rings is 1. The molecule has 1 saturated heterocycles. The van der Waals surface area contributed by atoms with Gasteiger partial charge in [-0.05, 0) is 30.9 Å². The molecule has 0 bridgehead atoms. The van der Waals surface area contributed by atoms with Crippen molar-refractivity contribution in [3.63, 3.8) is 0 Å². The molecular formula is C13H16F3NO. The molecule has 2 nitrogen and oxygen atoms in total. The Morgan fingerprint density at radius 3 is 2.50 bits per heavy atom. The Morgan fingerprint density at radius 2 is 1.89 bits per heavy atom. The molecule has 0 saturated carbocycles. The van der Waals surface area contributed by atoms with E-state index in [2.05, 4.69) is 0 Å². The normalized spacial score (nSPS) is 19.8. The molecule has 0 unspecified atom stereocenters. The zero-order valence-electron chi connectivity index (χ0n) is 9.96. The molecular weight excluding hydrogens is 243 g/mol. The highest BCUT2D eigenvalue weighted by atomic mass is 19.4. The van der Waals surface area contributed by atoms with E-state index in [1.165, 1.54) is 12.1 Å². The molecule has 1 heterocycles. The molecule has 5 heteroatoms. The number of hydrogen-bond acceptors (Lipinski definition) is 2. The standard InChI is InChI=1S/C13H16F3NO/c14-13(15,16)11-3-1-2-10(8-11)9-12(17)4-6-18-7-5-12/h1-3,8H,4-7,9,17H2. The van der Waals surface area contributed by atoms with Gasteiger partial charge in [0.25, 0.3) is 0 Å². The average Bonchev–Trinajstić information content (AvgIpc) is 2.28. The highest BCUT2D eigenvalue weighted by Crippen LogP contribution is 2.31.